The van der Waals surface area contributed by atoms with Gasteiger partial charge in [-0.05, 0) is 70.9 Å². The van der Waals surface area contributed by atoms with Crippen molar-refractivity contribution in [1.82, 2.24) is 23.6 Å². The number of methoxy groups -OCH3 is 1. The van der Waals surface area contributed by atoms with Crippen molar-refractivity contribution in [1.29, 1.82) is 0 Å². The number of ether oxygens (including phenoxy) is 2. The first kappa shape index (κ1) is 33.3. The zero-order chi connectivity index (χ0) is 34.4. The Morgan fingerprint density at radius 1 is 0.875 bits per heavy atom. The molecule has 5 aromatic rings. The number of thioether (sulfide) groups is 1. The summed E-state index contributed by atoms with van der Waals surface area (Å²) in [4.78, 5) is 57.6. The predicted octanol–water partition coefficient (Wildman–Crippen LogP) is 6.62. The van der Waals surface area contributed by atoms with Crippen molar-refractivity contribution in [2.75, 3.05) is 7.11 Å². The Hall–Kier alpha value is -4.56. The van der Waals surface area contributed by atoms with Crippen LogP contribution in [0.2, 0.25) is 15.1 Å². The maximum absolute atomic E-state index is 13.5. The molecule has 16 heteroatoms. The second-order valence-corrected chi connectivity index (χ2v) is 12.9. The molecule has 1 aliphatic rings. The number of amides is 2. The fourth-order valence-corrected chi connectivity index (χ4v) is 6.57. The number of hydrogen-bond acceptors (Lipinski definition) is 8. The van der Waals surface area contributed by atoms with Crippen LogP contribution in [0.4, 0.5) is 9.18 Å². The monoisotopic (exact) mass is 729 g/mol. The van der Waals surface area contributed by atoms with Gasteiger partial charge in [-0.2, -0.15) is 4.98 Å². The summed E-state index contributed by atoms with van der Waals surface area (Å²) in [6.07, 6.45) is 1.53. The molecule has 246 valence electrons. The Morgan fingerprint density at radius 2 is 1.58 bits per heavy atom. The Bertz CT molecular complexity index is 2320. The summed E-state index contributed by atoms with van der Waals surface area (Å²) >= 11 is 19.4. The second kappa shape index (κ2) is 13.2. The molecule has 0 N–H and O–H groups in total. The molecule has 0 aliphatic carbocycles. The number of carbonyl (C=O) groups excluding carboxylic acids is 2. The lowest BCUT2D eigenvalue weighted by Crippen LogP contribution is -2.37. The van der Waals surface area contributed by atoms with E-state index in [2.05, 4.69) is 4.98 Å². The SMILES string of the molecule is COc1cc(C=C2SC(=O)N(Cc3ccc(F)cc3Cl)C2=O)ccc1Oc1nc2c(c(=O)n(C)c(=O)n2C)n1Cc1ccc(Cl)cc1Cl. The number of benzene rings is 3. The minimum Gasteiger partial charge on any atom is -0.493 e. The van der Waals surface area contributed by atoms with Crippen LogP contribution in [-0.2, 0) is 32.0 Å². The number of carbonyl (C=O) groups is 2. The van der Waals surface area contributed by atoms with Crippen molar-refractivity contribution in [3.63, 3.8) is 0 Å². The van der Waals surface area contributed by atoms with Gasteiger partial charge in [0.05, 0.1) is 25.1 Å². The molecule has 1 aliphatic heterocycles. The van der Waals surface area contributed by atoms with Crippen LogP contribution in [0.25, 0.3) is 17.2 Å². The summed E-state index contributed by atoms with van der Waals surface area (Å²) < 4.78 is 29.0. The molecule has 2 aromatic heterocycles. The number of imidazole rings is 1. The molecule has 0 bridgehead atoms. The summed E-state index contributed by atoms with van der Waals surface area (Å²) in [5, 5.41) is 0.384. The van der Waals surface area contributed by atoms with Gasteiger partial charge in [0.1, 0.15) is 5.82 Å². The quantitative estimate of drug-likeness (QED) is 0.164. The third-order valence-electron chi connectivity index (χ3n) is 7.56. The molecule has 0 unspecified atom stereocenters. The first-order valence-corrected chi connectivity index (χ1v) is 16.0. The second-order valence-electron chi connectivity index (χ2n) is 10.6. The highest BCUT2D eigenvalue weighted by Crippen LogP contribution is 2.38. The molecule has 3 heterocycles. The third-order valence-corrected chi connectivity index (χ3v) is 9.41. The molecule has 11 nitrogen and oxygen atoms in total. The molecule has 3 aromatic carbocycles. The molecule has 6 rings (SSSR count). The van der Waals surface area contributed by atoms with Crippen LogP contribution >= 0.6 is 46.6 Å². The van der Waals surface area contributed by atoms with Crippen LogP contribution in [0.1, 0.15) is 16.7 Å². The average Bonchev–Trinajstić information content (AvgIpc) is 3.53. The summed E-state index contributed by atoms with van der Waals surface area (Å²) in [5.41, 5.74) is 0.595. The number of nitrogens with zero attached hydrogens (tertiary/aromatic N) is 5. The maximum Gasteiger partial charge on any atom is 0.332 e. The van der Waals surface area contributed by atoms with Crippen molar-refractivity contribution >= 4 is 75.0 Å². The van der Waals surface area contributed by atoms with E-state index >= 15 is 0 Å². The number of aromatic nitrogens is 4. The molecule has 1 saturated heterocycles. The van der Waals surface area contributed by atoms with Gasteiger partial charge in [-0.25, -0.2) is 9.18 Å². The van der Waals surface area contributed by atoms with Crippen LogP contribution in [0.5, 0.6) is 17.5 Å². The summed E-state index contributed by atoms with van der Waals surface area (Å²) in [7, 11) is 4.28. The molecule has 1 fully saturated rings. The number of halogens is 4. The molecule has 2 amide bonds. The first-order valence-electron chi connectivity index (χ1n) is 14.0. The van der Waals surface area contributed by atoms with Crippen LogP contribution in [-0.4, -0.2) is 41.8 Å². The Morgan fingerprint density at radius 3 is 2.29 bits per heavy atom. The standard InChI is InChI=1S/C32H23Cl3FN5O6S/c1-38-27-26(29(43)39(2)31(38)44)40(14-17-5-7-19(33)12-21(17)34)30(37-27)47-23-9-4-16(10-24(23)46-3)11-25-28(42)41(32(45)48-25)15-18-6-8-20(36)13-22(18)35/h4-13H,14-15H2,1-3H3. The molecular weight excluding hydrogens is 708 g/mol. The van der Waals surface area contributed by atoms with Crippen LogP contribution in [0.15, 0.2) is 69.1 Å². The zero-order valence-electron chi connectivity index (χ0n) is 25.3. The van der Waals surface area contributed by atoms with E-state index < -0.39 is 28.2 Å². The Labute approximate surface area is 290 Å². The predicted molar refractivity (Wildman–Crippen MR) is 182 cm³/mol. The van der Waals surface area contributed by atoms with E-state index in [-0.39, 0.29) is 51.7 Å². The van der Waals surface area contributed by atoms with Gasteiger partial charge in [0.2, 0.25) is 0 Å². The highest BCUT2D eigenvalue weighted by atomic mass is 35.5. The minimum absolute atomic E-state index is 0.0269. The van der Waals surface area contributed by atoms with Gasteiger partial charge in [0, 0.05) is 29.2 Å². The van der Waals surface area contributed by atoms with E-state index in [9.17, 15) is 23.6 Å². The summed E-state index contributed by atoms with van der Waals surface area (Å²) in [6, 6.07) is 13.5. The minimum atomic E-state index is -0.585. The third kappa shape index (κ3) is 6.21. The Kier molecular flexibility index (Phi) is 9.14. The van der Waals surface area contributed by atoms with E-state index in [0.717, 1.165) is 27.3 Å². The van der Waals surface area contributed by atoms with E-state index in [1.54, 1.807) is 36.4 Å². The normalized spacial score (nSPS) is 14.1. The van der Waals surface area contributed by atoms with Crippen LogP contribution in [0, 0.1) is 5.82 Å². The number of fused-ring (bicyclic) bond motifs is 1. The lowest BCUT2D eigenvalue weighted by Gasteiger charge is -2.14. The molecule has 48 heavy (non-hydrogen) atoms. The smallest absolute Gasteiger partial charge is 0.332 e. The zero-order valence-corrected chi connectivity index (χ0v) is 28.4. The number of imide groups is 1. The highest BCUT2D eigenvalue weighted by Gasteiger charge is 2.35. The highest BCUT2D eigenvalue weighted by molar-refractivity contribution is 8.18. The molecule has 0 radical (unpaired) electrons. The van der Waals surface area contributed by atoms with E-state index in [4.69, 9.17) is 44.3 Å². The van der Waals surface area contributed by atoms with E-state index in [1.807, 2.05) is 0 Å². The van der Waals surface area contributed by atoms with Gasteiger partial charge in [-0.15, -0.1) is 0 Å². The van der Waals surface area contributed by atoms with Crippen molar-refractivity contribution < 1.29 is 23.5 Å². The summed E-state index contributed by atoms with van der Waals surface area (Å²) in [5.74, 6) is -0.621. The maximum atomic E-state index is 13.5. The number of aryl methyl sites for hydroxylation is 1. The van der Waals surface area contributed by atoms with Gasteiger partial charge >= 0.3 is 11.7 Å². The molecule has 0 spiro atoms. The molecule has 0 atom stereocenters. The lowest BCUT2D eigenvalue weighted by atomic mass is 10.1. The molecular formula is C32H23Cl3FN5O6S. The van der Waals surface area contributed by atoms with Gasteiger partial charge in [0.15, 0.2) is 22.7 Å². The summed E-state index contributed by atoms with van der Waals surface area (Å²) in [6.45, 7) is -0.0665. The average molecular weight is 731 g/mol. The van der Waals surface area contributed by atoms with E-state index in [1.165, 1.54) is 48.5 Å². The first-order chi connectivity index (χ1) is 22.9. The molecule has 0 saturated carbocycles. The van der Waals surface area contributed by atoms with Gasteiger partial charge in [-0.3, -0.25) is 33.0 Å². The fraction of sp³-hybridized carbons (Fsp3) is 0.156. The van der Waals surface area contributed by atoms with Crippen molar-refractivity contribution in [2.45, 2.75) is 13.1 Å². The van der Waals surface area contributed by atoms with Gasteiger partial charge in [0.25, 0.3) is 16.7 Å². The number of rotatable bonds is 8. The van der Waals surface area contributed by atoms with E-state index in [0.29, 0.717) is 26.7 Å². The topological polar surface area (TPSA) is 118 Å². The fourth-order valence-electron chi connectivity index (χ4n) is 5.04. The van der Waals surface area contributed by atoms with Gasteiger partial charge < -0.3 is 9.47 Å². The van der Waals surface area contributed by atoms with Crippen LogP contribution in [0.3, 0.4) is 0 Å². The van der Waals surface area contributed by atoms with Crippen molar-refractivity contribution in [3.8, 4) is 17.5 Å². The largest absolute Gasteiger partial charge is 0.493 e. The van der Waals surface area contributed by atoms with Crippen molar-refractivity contribution in [3.05, 3.63) is 118 Å². The lowest BCUT2D eigenvalue weighted by molar-refractivity contribution is -0.123. The van der Waals surface area contributed by atoms with Crippen LogP contribution < -0.4 is 20.7 Å². The van der Waals surface area contributed by atoms with Gasteiger partial charge in [-0.1, -0.05) is 53.0 Å². The van der Waals surface area contributed by atoms with Crippen molar-refractivity contribution in [2.24, 2.45) is 14.1 Å². The Balaban J connectivity index is 1.34. The number of hydrogen-bond donors (Lipinski definition) is 0.